The Kier molecular flexibility index (Phi) is 5.57. The third-order valence-corrected chi connectivity index (χ3v) is 6.17. The molecule has 130 valence electrons. The van der Waals surface area contributed by atoms with E-state index in [2.05, 4.69) is 14.7 Å². The first-order valence-corrected chi connectivity index (χ1v) is 10.4. The van der Waals surface area contributed by atoms with E-state index in [9.17, 15) is 8.42 Å². The summed E-state index contributed by atoms with van der Waals surface area (Å²) in [5, 5.41) is 2.85. The van der Waals surface area contributed by atoms with Crippen molar-refractivity contribution in [1.82, 2.24) is 14.7 Å². The summed E-state index contributed by atoms with van der Waals surface area (Å²) in [6.45, 7) is 2.35. The Bertz CT molecular complexity index is 920. The molecule has 1 N–H and O–H groups in total. The van der Waals surface area contributed by atoms with Crippen molar-refractivity contribution < 1.29 is 8.42 Å². The van der Waals surface area contributed by atoms with E-state index < -0.39 is 10.0 Å². The number of nitrogens with zero attached hydrogens (tertiary/aromatic N) is 2. The fourth-order valence-corrected chi connectivity index (χ4v) is 4.19. The second-order valence-corrected chi connectivity index (χ2v) is 8.22. The maximum absolute atomic E-state index is 12.3. The van der Waals surface area contributed by atoms with Gasteiger partial charge in [0.25, 0.3) is 0 Å². The third-order valence-electron chi connectivity index (χ3n) is 3.78. The molecule has 2 aromatic heterocycles. The highest BCUT2D eigenvalue weighted by atomic mass is 32.2. The molecule has 2 heterocycles. The van der Waals surface area contributed by atoms with Gasteiger partial charge in [-0.1, -0.05) is 19.1 Å². The number of nitrogens with one attached hydrogen (secondary N) is 1. The van der Waals surface area contributed by atoms with Crippen molar-refractivity contribution in [2.75, 3.05) is 6.54 Å². The number of hydrogen-bond acceptors (Lipinski definition) is 5. The highest BCUT2D eigenvalue weighted by Crippen LogP contribution is 2.21. The number of benzene rings is 1. The monoisotopic (exact) mass is 373 g/mol. The maximum atomic E-state index is 12.3. The normalized spacial score (nSPS) is 11.6. The van der Waals surface area contributed by atoms with Crippen molar-refractivity contribution in [3.8, 4) is 11.3 Å². The molecule has 0 atom stereocenters. The Morgan fingerprint density at radius 3 is 2.64 bits per heavy atom. The van der Waals surface area contributed by atoms with Gasteiger partial charge in [-0.25, -0.2) is 18.1 Å². The van der Waals surface area contributed by atoms with Gasteiger partial charge < -0.3 is 0 Å². The van der Waals surface area contributed by atoms with E-state index in [-0.39, 0.29) is 0 Å². The zero-order valence-electron chi connectivity index (χ0n) is 13.8. The highest BCUT2D eigenvalue weighted by molar-refractivity contribution is 7.89. The molecule has 3 rings (SSSR count). The van der Waals surface area contributed by atoms with Crippen LogP contribution in [0, 0.1) is 0 Å². The van der Waals surface area contributed by atoms with Crippen LogP contribution >= 0.6 is 11.3 Å². The predicted octanol–water partition coefficient (Wildman–Crippen LogP) is 3.29. The lowest BCUT2D eigenvalue weighted by Gasteiger charge is -2.06. The average Bonchev–Trinajstić information content (AvgIpc) is 3.11. The number of hydrogen-bond donors (Lipinski definition) is 1. The molecule has 0 unspecified atom stereocenters. The Morgan fingerprint density at radius 2 is 1.96 bits per heavy atom. The fraction of sp³-hybridized carbons (Fsp3) is 0.222. The number of pyridine rings is 1. The molecule has 0 bridgehead atoms. The summed E-state index contributed by atoms with van der Waals surface area (Å²) in [5.74, 6) is 0. The zero-order chi connectivity index (χ0) is 17.7. The SMILES string of the molecule is CCc1ccc(S(=O)(=O)NCCc2nc(-c3cccnc3)cs2)cc1. The van der Waals surface area contributed by atoms with Crippen LogP contribution in [0.2, 0.25) is 0 Å². The van der Waals surface area contributed by atoms with Gasteiger partial charge >= 0.3 is 0 Å². The first-order valence-electron chi connectivity index (χ1n) is 8.02. The summed E-state index contributed by atoms with van der Waals surface area (Å²) in [7, 11) is -3.48. The number of rotatable bonds is 7. The standard InChI is InChI=1S/C18H19N3O2S2/c1-2-14-5-7-16(8-6-14)25(22,23)20-11-9-18-21-17(13-24-18)15-4-3-10-19-12-15/h3-8,10,12-13,20H,2,9,11H2,1H3. The second-order valence-electron chi connectivity index (χ2n) is 5.51. The van der Waals surface area contributed by atoms with Gasteiger partial charge in [-0.3, -0.25) is 4.98 Å². The average molecular weight is 374 g/mol. The fourth-order valence-electron chi connectivity index (χ4n) is 2.35. The Morgan fingerprint density at radius 1 is 1.16 bits per heavy atom. The van der Waals surface area contributed by atoms with Gasteiger partial charge in [0.05, 0.1) is 15.6 Å². The van der Waals surface area contributed by atoms with E-state index >= 15 is 0 Å². The molecule has 0 radical (unpaired) electrons. The molecule has 0 amide bonds. The maximum Gasteiger partial charge on any atom is 0.240 e. The smallest absolute Gasteiger partial charge is 0.240 e. The van der Waals surface area contributed by atoms with E-state index in [1.807, 2.05) is 36.6 Å². The molecular formula is C18H19N3O2S2. The number of aryl methyl sites for hydroxylation is 1. The van der Waals surface area contributed by atoms with E-state index in [1.165, 1.54) is 11.3 Å². The molecule has 7 heteroatoms. The summed E-state index contributed by atoms with van der Waals surface area (Å²) < 4.78 is 27.3. The van der Waals surface area contributed by atoms with Gasteiger partial charge in [0.2, 0.25) is 10.0 Å². The highest BCUT2D eigenvalue weighted by Gasteiger charge is 2.13. The Hall–Kier alpha value is -2.09. The lowest BCUT2D eigenvalue weighted by molar-refractivity contribution is 0.581. The molecule has 0 aliphatic rings. The first kappa shape index (κ1) is 17.7. The van der Waals surface area contributed by atoms with Gasteiger partial charge in [0, 0.05) is 36.3 Å². The van der Waals surface area contributed by atoms with Crippen molar-refractivity contribution in [2.24, 2.45) is 0 Å². The van der Waals surface area contributed by atoms with Crippen molar-refractivity contribution in [2.45, 2.75) is 24.7 Å². The zero-order valence-corrected chi connectivity index (χ0v) is 15.5. The van der Waals surface area contributed by atoms with Crippen LogP contribution < -0.4 is 4.72 Å². The van der Waals surface area contributed by atoms with Crippen LogP contribution in [0.15, 0.2) is 59.1 Å². The van der Waals surface area contributed by atoms with Crippen LogP contribution in [0.25, 0.3) is 11.3 Å². The minimum atomic E-state index is -3.48. The van der Waals surface area contributed by atoms with Crippen LogP contribution in [0.4, 0.5) is 0 Å². The van der Waals surface area contributed by atoms with E-state index in [0.29, 0.717) is 17.9 Å². The van der Waals surface area contributed by atoms with Gasteiger partial charge in [-0.05, 0) is 36.2 Å². The summed E-state index contributed by atoms with van der Waals surface area (Å²) in [6.07, 6.45) is 4.92. The second kappa shape index (κ2) is 7.86. The first-order chi connectivity index (χ1) is 12.1. The molecule has 25 heavy (non-hydrogen) atoms. The summed E-state index contributed by atoms with van der Waals surface area (Å²) in [6, 6.07) is 10.8. The number of aromatic nitrogens is 2. The van der Waals surface area contributed by atoms with Gasteiger partial charge in [-0.15, -0.1) is 11.3 Å². The van der Waals surface area contributed by atoms with Crippen molar-refractivity contribution >= 4 is 21.4 Å². The van der Waals surface area contributed by atoms with Crippen molar-refractivity contribution in [3.05, 3.63) is 64.7 Å². The van der Waals surface area contributed by atoms with E-state index in [1.54, 1.807) is 24.5 Å². The van der Waals surface area contributed by atoms with Crippen LogP contribution in [-0.2, 0) is 22.9 Å². The molecule has 5 nitrogen and oxygen atoms in total. The summed E-state index contributed by atoms with van der Waals surface area (Å²) >= 11 is 1.52. The van der Waals surface area contributed by atoms with Crippen LogP contribution in [0.3, 0.4) is 0 Å². The quantitative estimate of drug-likeness (QED) is 0.690. The topological polar surface area (TPSA) is 72.0 Å². The Balaban J connectivity index is 1.59. The van der Waals surface area contributed by atoms with Crippen LogP contribution in [0.1, 0.15) is 17.5 Å². The lowest BCUT2D eigenvalue weighted by Crippen LogP contribution is -2.26. The van der Waals surface area contributed by atoms with Gasteiger partial charge in [-0.2, -0.15) is 0 Å². The lowest BCUT2D eigenvalue weighted by atomic mass is 10.2. The van der Waals surface area contributed by atoms with Crippen molar-refractivity contribution in [1.29, 1.82) is 0 Å². The molecule has 0 saturated carbocycles. The van der Waals surface area contributed by atoms with Gasteiger partial charge in [0.1, 0.15) is 0 Å². The molecule has 0 saturated heterocycles. The number of thiazole rings is 1. The molecule has 0 fully saturated rings. The molecule has 0 aliphatic heterocycles. The number of sulfonamides is 1. The third kappa shape index (κ3) is 4.50. The molecule has 3 aromatic rings. The largest absolute Gasteiger partial charge is 0.264 e. The predicted molar refractivity (Wildman–Crippen MR) is 100 cm³/mol. The van der Waals surface area contributed by atoms with E-state index in [0.717, 1.165) is 28.2 Å². The van der Waals surface area contributed by atoms with Gasteiger partial charge in [0.15, 0.2) is 0 Å². The van der Waals surface area contributed by atoms with Crippen LogP contribution in [0.5, 0.6) is 0 Å². The van der Waals surface area contributed by atoms with E-state index in [4.69, 9.17) is 0 Å². The minimum Gasteiger partial charge on any atom is -0.264 e. The molecule has 0 spiro atoms. The summed E-state index contributed by atoms with van der Waals surface area (Å²) in [4.78, 5) is 8.91. The molecule has 0 aliphatic carbocycles. The molecule has 1 aromatic carbocycles. The summed E-state index contributed by atoms with van der Waals surface area (Å²) in [5.41, 5.74) is 2.94. The Labute approximate surface area is 151 Å². The van der Waals surface area contributed by atoms with Crippen molar-refractivity contribution in [3.63, 3.8) is 0 Å². The molecular weight excluding hydrogens is 354 g/mol. The minimum absolute atomic E-state index is 0.292. The van der Waals surface area contributed by atoms with Crippen LogP contribution in [-0.4, -0.2) is 24.9 Å².